The summed E-state index contributed by atoms with van der Waals surface area (Å²) in [5, 5.41) is 0. The van der Waals surface area contributed by atoms with E-state index in [1.165, 1.54) is 0 Å². The summed E-state index contributed by atoms with van der Waals surface area (Å²) in [6.07, 6.45) is 3.77. The normalized spacial score (nSPS) is 15.9. The van der Waals surface area contributed by atoms with Crippen LogP contribution in [0.5, 0.6) is 0 Å². The minimum atomic E-state index is -3.36. The molecule has 0 atom stereocenters. The molecule has 3 nitrogen and oxygen atoms in total. The quantitative estimate of drug-likeness (QED) is 0.682. The Hall–Kier alpha value is -0.580. The van der Waals surface area contributed by atoms with Gasteiger partial charge in [-0.1, -0.05) is 26.0 Å². The smallest absolute Gasteiger partial charge is 0.207 e. The first-order valence-corrected chi connectivity index (χ1v) is 9.59. The first-order chi connectivity index (χ1) is 9.95. The molecule has 0 aromatic heterocycles. The Morgan fingerprint density at radius 1 is 1.24 bits per heavy atom. The highest BCUT2D eigenvalue weighted by atomic mass is 35.5. The van der Waals surface area contributed by atoms with E-state index in [9.17, 15) is 8.42 Å². The van der Waals surface area contributed by atoms with Gasteiger partial charge in [-0.3, -0.25) is 0 Å². The second-order valence-electron chi connectivity index (χ2n) is 6.14. The van der Waals surface area contributed by atoms with E-state index in [4.69, 9.17) is 11.6 Å². The van der Waals surface area contributed by atoms with Crippen LogP contribution >= 0.6 is 11.6 Å². The Balaban J connectivity index is 2.17. The topological polar surface area (TPSA) is 37.4 Å². The van der Waals surface area contributed by atoms with Gasteiger partial charge in [0, 0.05) is 18.5 Å². The predicted molar refractivity (Wildman–Crippen MR) is 87.2 cm³/mol. The molecule has 0 spiro atoms. The van der Waals surface area contributed by atoms with Gasteiger partial charge in [-0.15, -0.1) is 11.6 Å². The zero-order valence-corrected chi connectivity index (χ0v) is 14.3. The Bertz CT molecular complexity index is 550. The summed E-state index contributed by atoms with van der Waals surface area (Å²) in [6.45, 7) is 4.71. The van der Waals surface area contributed by atoms with E-state index < -0.39 is 10.0 Å². The summed E-state index contributed by atoms with van der Waals surface area (Å²) < 4.78 is 27.2. The Morgan fingerprint density at radius 3 is 2.33 bits per heavy atom. The van der Waals surface area contributed by atoms with Gasteiger partial charge in [-0.25, -0.2) is 8.42 Å². The summed E-state index contributed by atoms with van der Waals surface area (Å²) in [7, 11) is -3.36. The molecule has 0 radical (unpaired) electrons. The maximum Gasteiger partial charge on any atom is 0.243 e. The molecule has 0 N–H and O–H groups in total. The third-order valence-electron chi connectivity index (χ3n) is 3.63. The van der Waals surface area contributed by atoms with Gasteiger partial charge in [-0.2, -0.15) is 4.31 Å². The summed E-state index contributed by atoms with van der Waals surface area (Å²) >= 11 is 5.68. The number of alkyl halides is 1. The van der Waals surface area contributed by atoms with E-state index in [-0.39, 0.29) is 6.04 Å². The van der Waals surface area contributed by atoms with E-state index >= 15 is 0 Å². The SMILES string of the molecule is CC(C)CN(C1CC1)S(=O)(=O)c1ccc(CCCCl)cc1. The first-order valence-electron chi connectivity index (χ1n) is 7.62. The summed E-state index contributed by atoms with van der Waals surface area (Å²) in [6, 6.07) is 7.47. The van der Waals surface area contributed by atoms with Crippen LogP contribution < -0.4 is 0 Å². The second kappa shape index (κ2) is 7.12. The van der Waals surface area contributed by atoms with Crippen molar-refractivity contribution >= 4 is 21.6 Å². The molecule has 1 saturated carbocycles. The lowest BCUT2D eigenvalue weighted by atomic mass is 10.1. The lowest BCUT2D eigenvalue weighted by Gasteiger charge is -2.23. The summed E-state index contributed by atoms with van der Waals surface area (Å²) in [5.41, 5.74) is 1.14. The number of hydrogen-bond acceptors (Lipinski definition) is 2. The average molecular weight is 330 g/mol. The van der Waals surface area contributed by atoms with Crippen LogP contribution in [0.2, 0.25) is 0 Å². The number of aryl methyl sites for hydroxylation is 1. The van der Waals surface area contributed by atoms with Crippen LogP contribution in [0.1, 0.15) is 38.7 Å². The molecule has 1 aromatic carbocycles. The van der Waals surface area contributed by atoms with Gasteiger partial charge in [0.05, 0.1) is 4.90 Å². The number of sulfonamides is 1. The monoisotopic (exact) mass is 329 g/mol. The lowest BCUT2D eigenvalue weighted by Crippen LogP contribution is -2.36. The number of nitrogens with zero attached hydrogens (tertiary/aromatic N) is 1. The fourth-order valence-electron chi connectivity index (χ4n) is 2.40. The zero-order chi connectivity index (χ0) is 15.5. The highest BCUT2D eigenvalue weighted by Crippen LogP contribution is 2.32. The van der Waals surface area contributed by atoms with E-state index in [0.29, 0.717) is 23.2 Å². The first kappa shape index (κ1) is 16.8. The molecule has 1 aromatic rings. The van der Waals surface area contributed by atoms with Gasteiger partial charge in [0.2, 0.25) is 10.0 Å². The van der Waals surface area contributed by atoms with Crippen molar-refractivity contribution in [2.24, 2.45) is 5.92 Å². The molecule has 0 aliphatic heterocycles. The third kappa shape index (κ3) is 4.44. The third-order valence-corrected chi connectivity index (χ3v) is 5.83. The minimum absolute atomic E-state index is 0.202. The van der Waals surface area contributed by atoms with Crippen LogP contribution in [0, 0.1) is 5.92 Å². The molecule has 0 amide bonds. The molecule has 2 rings (SSSR count). The van der Waals surface area contributed by atoms with Crippen molar-refractivity contribution < 1.29 is 8.42 Å². The van der Waals surface area contributed by atoms with Crippen molar-refractivity contribution in [3.8, 4) is 0 Å². The van der Waals surface area contributed by atoms with Crippen LogP contribution in [0.25, 0.3) is 0 Å². The lowest BCUT2D eigenvalue weighted by molar-refractivity contribution is 0.360. The maximum atomic E-state index is 12.8. The fraction of sp³-hybridized carbons (Fsp3) is 0.625. The fourth-order valence-corrected chi connectivity index (χ4v) is 4.38. The minimum Gasteiger partial charge on any atom is -0.207 e. The Kier molecular flexibility index (Phi) is 5.69. The molecular weight excluding hydrogens is 306 g/mol. The van der Waals surface area contributed by atoms with Gasteiger partial charge in [0.25, 0.3) is 0 Å². The molecular formula is C16H24ClNO2S. The molecule has 0 heterocycles. The molecule has 0 bridgehead atoms. The van der Waals surface area contributed by atoms with Crippen LogP contribution in [-0.2, 0) is 16.4 Å². The van der Waals surface area contributed by atoms with E-state index in [0.717, 1.165) is 31.2 Å². The second-order valence-corrected chi connectivity index (χ2v) is 8.40. The van der Waals surface area contributed by atoms with Gasteiger partial charge in [-0.05, 0) is 49.3 Å². The molecule has 5 heteroatoms. The van der Waals surface area contributed by atoms with Gasteiger partial charge < -0.3 is 0 Å². The zero-order valence-electron chi connectivity index (χ0n) is 12.8. The maximum absolute atomic E-state index is 12.8. The Morgan fingerprint density at radius 2 is 1.86 bits per heavy atom. The Labute approximate surface area is 133 Å². The molecule has 21 heavy (non-hydrogen) atoms. The van der Waals surface area contributed by atoms with E-state index in [1.54, 1.807) is 16.4 Å². The molecule has 0 saturated heterocycles. The number of benzene rings is 1. The van der Waals surface area contributed by atoms with Crippen LogP contribution in [-0.4, -0.2) is 31.2 Å². The van der Waals surface area contributed by atoms with Crippen molar-refractivity contribution in [3.63, 3.8) is 0 Å². The predicted octanol–water partition coefficient (Wildman–Crippen LogP) is 3.67. The van der Waals surface area contributed by atoms with Crippen molar-refractivity contribution in [2.45, 2.75) is 50.5 Å². The highest BCUT2D eigenvalue weighted by molar-refractivity contribution is 7.89. The van der Waals surface area contributed by atoms with E-state index in [2.05, 4.69) is 13.8 Å². The van der Waals surface area contributed by atoms with Crippen molar-refractivity contribution in [3.05, 3.63) is 29.8 Å². The van der Waals surface area contributed by atoms with Crippen LogP contribution in [0.4, 0.5) is 0 Å². The van der Waals surface area contributed by atoms with Crippen LogP contribution in [0.3, 0.4) is 0 Å². The van der Waals surface area contributed by atoms with Crippen molar-refractivity contribution in [1.82, 2.24) is 4.31 Å². The van der Waals surface area contributed by atoms with Crippen molar-refractivity contribution in [1.29, 1.82) is 0 Å². The van der Waals surface area contributed by atoms with Crippen LogP contribution in [0.15, 0.2) is 29.2 Å². The van der Waals surface area contributed by atoms with E-state index in [1.807, 2.05) is 12.1 Å². The van der Waals surface area contributed by atoms with Gasteiger partial charge >= 0.3 is 0 Å². The molecule has 118 valence electrons. The number of hydrogen-bond donors (Lipinski definition) is 0. The molecule has 0 unspecified atom stereocenters. The largest absolute Gasteiger partial charge is 0.243 e. The standard InChI is InChI=1S/C16H24ClNO2S/c1-13(2)12-18(15-7-8-15)21(19,20)16-9-5-14(6-10-16)4-3-11-17/h5-6,9-10,13,15H,3-4,7-8,11-12H2,1-2H3. The highest BCUT2D eigenvalue weighted by Gasteiger charge is 2.38. The number of rotatable bonds is 8. The summed E-state index contributed by atoms with van der Waals surface area (Å²) in [5.74, 6) is 0.965. The molecule has 1 aliphatic rings. The summed E-state index contributed by atoms with van der Waals surface area (Å²) in [4.78, 5) is 0.407. The molecule has 1 fully saturated rings. The van der Waals surface area contributed by atoms with Gasteiger partial charge in [0.1, 0.15) is 0 Å². The van der Waals surface area contributed by atoms with Crippen molar-refractivity contribution in [2.75, 3.05) is 12.4 Å². The average Bonchev–Trinajstić information content (AvgIpc) is 3.27. The van der Waals surface area contributed by atoms with Gasteiger partial charge in [0.15, 0.2) is 0 Å². The number of halogens is 1. The molecule has 1 aliphatic carbocycles.